The summed E-state index contributed by atoms with van der Waals surface area (Å²) in [5.74, 6) is -1.41. The van der Waals surface area contributed by atoms with Gasteiger partial charge in [0, 0.05) is 31.9 Å². The number of sulfonamides is 1. The van der Waals surface area contributed by atoms with E-state index in [0.29, 0.717) is 26.2 Å². The maximum Gasteiger partial charge on any atom is 0.244 e. The highest BCUT2D eigenvalue weighted by Crippen LogP contribution is 2.14. The van der Waals surface area contributed by atoms with Crippen LogP contribution in [0.1, 0.15) is 6.92 Å². The van der Waals surface area contributed by atoms with Crippen molar-refractivity contribution in [2.75, 3.05) is 38.0 Å². The molecule has 0 radical (unpaired) electrons. The summed E-state index contributed by atoms with van der Waals surface area (Å²) in [6.45, 7) is 3.33. The smallest absolute Gasteiger partial charge is 0.244 e. The second-order valence-corrected chi connectivity index (χ2v) is 8.97. The van der Waals surface area contributed by atoms with Crippen molar-refractivity contribution in [1.29, 1.82) is 0 Å². The van der Waals surface area contributed by atoms with Crippen molar-refractivity contribution in [2.45, 2.75) is 17.9 Å². The molecule has 2 amide bonds. The van der Waals surface area contributed by atoms with Gasteiger partial charge < -0.3 is 10.2 Å². The predicted molar refractivity (Wildman–Crippen MR) is 114 cm³/mol. The van der Waals surface area contributed by atoms with Gasteiger partial charge in [0.15, 0.2) is 0 Å². The zero-order valence-electron chi connectivity index (χ0n) is 17.1. The van der Waals surface area contributed by atoms with Crippen molar-refractivity contribution in [1.82, 2.24) is 14.5 Å². The van der Waals surface area contributed by atoms with Gasteiger partial charge in [-0.15, -0.1) is 0 Å². The summed E-state index contributed by atoms with van der Waals surface area (Å²) in [5.41, 5.74) is 0.720. The molecule has 0 bridgehead atoms. The first-order valence-electron chi connectivity index (χ1n) is 9.89. The fourth-order valence-corrected chi connectivity index (χ4v) is 4.61. The second kappa shape index (κ2) is 9.99. The van der Waals surface area contributed by atoms with Crippen molar-refractivity contribution in [2.24, 2.45) is 0 Å². The molecule has 8 nitrogen and oxygen atoms in total. The van der Waals surface area contributed by atoms with Crippen LogP contribution in [0.15, 0.2) is 59.5 Å². The van der Waals surface area contributed by atoms with E-state index in [1.807, 2.05) is 23.1 Å². The molecule has 31 heavy (non-hydrogen) atoms. The van der Waals surface area contributed by atoms with E-state index in [0.717, 1.165) is 17.8 Å². The Morgan fingerprint density at radius 2 is 1.61 bits per heavy atom. The minimum Gasteiger partial charge on any atom is -0.339 e. The molecule has 1 fully saturated rings. The second-order valence-electron chi connectivity index (χ2n) is 7.29. The summed E-state index contributed by atoms with van der Waals surface area (Å²) in [4.78, 5) is 27.8. The van der Waals surface area contributed by atoms with E-state index in [1.54, 1.807) is 17.0 Å². The van der Waals surface area contributed by atoms with Gasteiger partial charge >= 0.3 is 0 Å². The summed E-state index contributed by atoms with van der Waals surface area (Å²) in [7, 11) is -4.17. The lowest BCUT2D eigenvalue weighted by Gasteiger charge is -2.35. The standard InChI is InChI=1S/C21H25FN4O4S/c1-16(24-31(29,30)19-10-6-5-9-18(19)22)21(28)26-13-11-25(12-14-26)15-20(27)23-17-7-3-2-4-8-17/h2-10,16,24H,11-15H2,1H3,(H,23,27)/t16-/m0/s1. The van der Waals surface area contributed by atoms with Crippen molar-refractivity contribution in [3.8, 4) is 0 Å². The van der Waals surface area contributed by atoms with Gasteiger partial charge in [0.05, 0.1) is 12.6 Å². The van der Waals surface area contributed by atoms with Gasteiger partial charge in [-0.25, -0.2) is 12.8 Å². The molecule has 2 aromatic carbocycles. The number of hydrogen-bond acceptors (Lipinski definition) is 5. The third-order valence-electron chi connectivity index (χ3n) is 4.94. The van der Waals surface area contributed by atoms with Crippen LogP contribution in [0.4, 0.5) is 10.1 Å². The van der Waals surface area contributed by atoms with E-state index in [9.17, 15) is 22.4 Å². The van der Waals surface area contributed by atoms with Gasteiger partial charge in [-0.2, -0.15) is 4.72 Å². The molecule has 3 rings (SSSR count). The highest BCUT2D eigenvalue weighted by atomic mass is 32.2. The number of nitrogens with zero attached hydrogens (tertiary/aromatic N) is 2. The first-order valence-corrected chi connectivity index (χ1v) is 11.4. The molecule has 1 atom stereocenters. The molecule has 166 valence electrons. The van der Waals surface area contributed by atoms with E-state index in [-0.39, 0.29) is 12.5 Å². The Labute approximate surface area is 181 Å². The van der Waals surface area contributed by atoms with Crippen LogP contribution in [0, 0.1) is 5.82 Å². The summed E-state index contributed by atoms with van der Waals surface area (Å²) in [5, 5.41) is 2.82. The quantitative estimate of drug-likeness (QED) is 0.665. The first kappa shape index (κ1) is 22.9. The number of halogens is 1. The maximum absolute atomic E-state index is 13.8. The zero-order valence-corrected chi connectivity index (χ0v) is 17.9. The van der Waals surface area contributed by atoms with E-state index < -0.39 is 32.7 Å². The summed E-state index contributed by atoms with van der Waals surface area (Å²) < 4.78 is 40.9. The van der Waals surface area contributed by atoms with Crippen LogP contribution in [0.2, 0.25) is 0 Å². The van der Waals surface area contributed by atoms with Gasteiger partial charge in [0.2, 0.25) is 21.8 Å². The third kappa shape index (κ3) is 6.09. The molecule has 2 N–H and O–H groups in total. The SMILES string of the molecule is C[C@H](NS(=O)(=O)c1ccccc1F)C(=O)N1CCN(CC(=O)Nc2ccccc2)CC1. The number of carbonyl (C=O) groups excluding carboxylic acids is 2. The lowest BCUT2D eigenvalue weighted by Crippen LogP contribution is -2.55. The Kier molecular flexibility index (Phi) is 7.37. The number of rotatable bonds is 7. The monoisotopic (exact) mass is 448 g/mol. The van der Waals surface area contributed by atoms with Gasteiger partial charge in [-0.3, -0.25) is 14.5 Å². The third-order valence-corrected chi connectivity index (χ3v) is 6.51. The van der Waals surface area contributed by atoms with E-state index >= 15 is 0 Å². The van der Waals surface area contributed by atoms with Crippen molar-refractivity contribution >= 4 is 27.5 Å². The number of carbonyl (C=O) groups is 2. The van der Waals surface area contributed by atoms with Crippen LogP contribution in [0.5, 0.6) is 0 Å². The number of benzene rings is 2. The Balaban J connectivity index is 1.49. The van der Waals surface area contributed by atoms with Gasteiger partial charge in [0.1, 0.15) is 10.7 Å². The van der Waals surface area contributed by atoms with Crippen molar-refractivity contribution < 1.29 is 22.4 Å². The average Bonchev–Trinajstić information content (AvgIpc) is 2.74. The highest BCUT2D eigenvalue weighted by Gasteiger charge is 2.29. The van der Waals surface area contributed by atoms with E-state index in [2.05, 4.69) is 10.0 Å². The van der Waals surface area contributed by atoms with Crippen LogP contribution >= 0.6 is 0 Å². The molecular formula is C21H25FN4O4S. The molecule has 0 unspecified atom stereocenters. The minimum atomic E-state index is -4.17. The summed E-state index contributed by atoms with van der Waals surface area (Å²) in [6, 6.07) is 13.1. The number of para-hydroxylation sites is 1. The topological polar surface area (TPSA) is 98.8 Å². The Hall–Kier alpha value is -2.82. The lowest BCUT2D eigenvalue weighted by atomic mass is 10.2. The van der Waals surface area contributed by atoms with E-state index in [1.165, 1.54) is 19.1 Å². The number of nitrogens with one attached hydrogen (secondary N) is 2. The average molecular weight is 449 g/mol. The van der Waals surface area contributed by atoms with E-state index in [4.69, 9.17) is 0 Å². The molecule has 1 saturated heterocycles. The molecule has 2 aromatic rings. The first-order chi connectivity index (χ1) is 14.8. The van der Waals surface area contributed by atoms with Crippen LogP contribution < -0.4 is 10.0 Å². The summed E-state index contributed by atoms with van der Waals surface area (Å²) in [6.07, 6.45) is 0. The molecular weight excluding hydrogens is 423 g/mol. The summed E-state index contributed by atoms with van der Waals surface area (Å²) >= 11 is 0. The largest absolute Gasteiger partial charge is 0.339 e. The Bertz CT molecular complexity index is 1020. The normalized spacial score (nSPS) is 16.0. The molecule has 0 spiro atoms. The molecule has 1 heterocycles. The predicted octanol–water partition coefficient (Wildman–Crippen LogP) is 1.28. The maximum atomic E-state index is 13.8. The number of hydrogen-bond donors (Lipinski definition) is 2. The number of piperazine rings is 1. The number of amides is 2. The molecule has 0 aliphatic carbocycles. The highest BCUT2D eigenvalue weighted by molar-refractivity contribution is 7.89. The van der Waals surface area contributed by atoms with Crippen LogP contribution in [0.3, 0.4) is 0 Å². The molecule has 1 aliphatic rings. The van der Waals surface area contributed by atoms with Gasteiger partial charge in [-0.1, -0.05) is 30.3 Å². The Morgan fingerprint density at radius 3 is 2.26 bits per heavy atom. The fraction of sp³-hybridized carbons (Fsp3) is 0.333. The molecule has 1 aliphatic heterocycles. The van der Waals surface area contributed by atoms with Crippen molar-refractivity contribution in [3.63, 3.8) is 0 Å². The Morgan fingerprint density at radius 1 is 1.00 bits per heavy atom. The van der Waals surface area contributed by atoms with Crippen LogP contribution in [-0.4, -0.2) is 68.8 Å². The van der Waals surface area contributed by atoms with Crippen LogP contribution in [-0.2, 0) is 19.6 Å². The molecule has 0 saturated carbocycles. The van der Waals surface area contributed by atoms with Crippen molar-refractivity contribution in [3.05, 3.63) is 60.4 Å². The molecule has 0 aromatic heterocycles. The van der Waals surface area contributed by atoms with Crippen LogP contribution in [0.25, 0.3) is 0 Å². The zero-order chi connectivity index (χ0) is 22.4. The van der Waals surface area contributed by atoms with Gasteiger partial charge in [0.25, 0.3) is 0 Å². The fourth-order valence-electron chi connectivity index (χ4n) is 3.33. The number of anilines is 1. The minimum absolute atomic E-state index is 0.142. The lowest BCUT2D eigenvalue weighted by molar-refractivity contribution is -0.134. The molecule has 10 heteroatoms. The van der Waals surface area contributed by atoms with Gasteiger partial charge in [-0.05, 0) is 31.2 Å².